The lowest BCUT2D eigenvalue weighted by molar-refractivity contribution is 0.354. The van der Waals surface area contributed by atoms with E-state index < -0.39 is 0 Å². The number of ether oxygens (including phenoxy) is 2. The van der Waals surface area contributed by atoms with E-state index in [4.69, 9.17) is 9.47 Å². The second-order valence-corrected chi connectivity index (χ2v) is 7.79. The van der Waals surface area contributed by atoms with Crippen molar-refractivity contribution in [2.75, 3.05) is 20.8 Å². The third kappa shape index (κ3) is 6.80. The van der Waals surface area contributed by atoms with E-state index in [1.54, 1.807) is 20.3 Å². The van der Waals surface area contributed by atoms with Crippen LogP contribution in [0.2, 0.25) is 0 Å². The summed E-state index contributed by atoms with van der Waals surface area (Å²) in [6.07, 6.45) is 2.71. The Morgan fingerprint density at radius 2 is 1.66 bits per heavy atom. The van der Waals surface area contributed by atoms with Gasteiger partial charge in [-0.3, -0.25) is 0 Å². The molecule has 0 spiro atoms. The number of aromatic hydroxyl groups is 1. The minimum atomic E-state index is 0.277. The maximum Gasteiger partial charge on any atom is 0.160 e. The Kier molecular flexibility index (Phi) is 8.60. The summed E-state index contributed by atoms with van der Waals surface area (Å²) in [7, 11) is 3.30. The van der Waals surface area contributed by atoms with Crippen molar-refractivity contribution in [3.05, 3.63) is 89.0 Å². The van der Waals surface area contributed by atoms with E-state index >= 15 is 0 Å². The van der Waals surface area contributed by atoms with Gasteiger partial charge in [-0.15, -0.1) is 0 Å². The fourth-order valence-corrected chi connectivity index (χ4v) is 3.54. The lowest BCUT2D eigenvalue weighted by Gasteiger charge is -2.15. The van der Waals surface area contributed by atoms with Gasteiger partial charge < -0.3 is 19.9 Å². The molecule has 0 bridgehead atoms. The lowest BCUT2D eigenvalue weighted by atomic mass is 10.00. The summed E-state index contributed by atoms with van der Waals surface area (Å²) >= 11 is 0. The van der Waals surface area contributed by atoms with E-state index in [-0.39, 0.29) is 5.75 Å². The van der Waals surface area contributed by atoms with Crippen LogP contribution in [-0.4, -0.2) is 31.9 Å². The fraction of sp³-hybridized carbons (Fsp3) is 0.286. The van der Waals surface area contributed by atoms with E-state index in [0.29, 0.717) is 6.04 Å². The zero-order valence-electron chi connectivity index (χ0n) is 19.0. The molecule has 0 fully saturated rings. The predicted octanol–water partition coefficient (Wildman–Crippen LogP) is 4.96. The third-order valence-corrected chi connectivity index (χ3v) is 5.41. The van der Waals surface area contributed by atoms with Crippen molar-refractivity contribution >= 4 is 0 Å². The molecule has 0 amide bonds. The number of benzene rings is 3. The highest BCUT2D eigenvalue weighted by Crippen LogP contribution is 2.27. The second-order valence-electron chi connectivity index (χ2n) is 7.79. The predicted molar refractivity (Wildman–Crippen MR) is 130 cm³/mol. The van der Waals surface area contributed by atoms with Gasteiger partial charge in [0.15, 0.2) is 11.5 Å². The zero-order valence-corrected chi connectivity index (χ0v) is 19.0. The second kappa shape index (κ2) is 11.8. The summed E-state index contributed by atoms with van der Waals surface area (Å²) in [5.74, 6) is 8.25. The van der Waals surface area contributed by atoms with Crippen molar-refractivity contribution in [3.63, 3.8) is 0 Å². The standard InChI is InChI=1S/C28H31NO3/c1-21(29-18-17-23-11-16-27(31-2)28(19-23)32-3)9-12-25-20-26(30)15-14-24(25)13-10-22-7-5-4-6-8-22/h4-8,11,14-16,19-21,29-30H,9,12,17-18H2,1-3H3. The molecule has 32 heavy (non-hydrogen) atoms. The molecule has 0 saturated carbocycles. The van der Waals surface area contributed by atoms with Crippen LogP contribution in [0.25, 0.3) is 0 Å². The van der Waals surface area contributed by atoms with E-state index in [2.05, 4.69) is 30.1 Å². The minimum Gasteiger partial charge on any atom is -0.508 e. The first-order valence-electron chi connectivity index (χ1n) is 10.9. The topological polar surface area (TPSA) is 50.7 Å². The summed E-state index contributed by atoms with van der Waals surface area (Å²) in [4.78, 5) is 0. The summed E-state index contributed by atoms with van der Waals surface area (Å²) in [5, 5.41) is 13.5. The van der Waals surface area contributed by atoms with Crippen molar-refractivity contribution in [3.8, 4) is 29.1 Å². The Labute approximate surface area is 191 Å². The molecule has 1 unspecified atom stereocenters. The number of methoxy groups -OCH3 is 2. The molecule has 4 heteroatoms. The summed E-state index contributed by atoms with van der Waals surface area (Å²) in [6, 6.07) is 21.7. The van der Waals surface area contributed by atoms with Crippen LogP contribution in [0.15, 0.2) is 66.7 Å². The van der Waals surface area contributed by atoms with Crippen molar-refractivity contribution in [1.82, 2.24) is 5.32 Å². The molecular weight excluding hydrogens is 398 g/mol. The molecule has 0 aliphatic rings. The van der Waals surface area contributed by atoms with Crippen LogP contribution in [0.1, 0.15) is 35.6 Å². The number of nitrogens with one attached hydrogen (secondary N) is 1. The highest BCUT2D eigenvalue weighted by atomic mass is 16.5. The van der Waals surface area contributed by atoms with Crippen molar-refractivity contribution in [1.29, 1.82) is 0 Å². The average Bonchev–Trinajstić information content (AvgIpc) is 2.82. The maximum atomic E-state index is 9.95. The lowest BCUT2D eigenvalue weighted by Crippen LogP contribution is -2.28. The Hall–Kier alpha value is -3.42. The molecule has 0 radical (unpaired) electrons. The first-order chi connectivity index (χ1) is 15.6. The number of phenolic OH excluding ortho intramolecular Hbond substituents is 1. The molecule has 0 heterocycles. The fourth-order valence-electron chi connectivity index (χ4n) is 3.54. The van der Waals surface area contributed by atoms with Crippen molar-refractivity contribution in [2.24, 2.45) is 0 Å². The molecular formula is C28H31NO3. The van der Waals surface area contributed by atoms with Crippen LogP contribution in [0.4, 0.5) is 0 Å². The average molecular weight is 430 g/mol. The summed E-state index contributed by atoms with van der Waals surface area (Å²) in [6.45, 7) is 3.06. The smallest absolute Gasteiger partial charge is 0.160 e. The molecule has 3 aromatic carbocycles. The molecule has 4 nitrogen and oxygen atoms in total. The Bertz CT molecular complexity index is 1070. The number of phenols is 1. The highest BCUT2D eigenvalue weighted by Gasteiger charge is 2.08. The molecule has 0 saturated heterocycles. The molecule has 1 atom stereocenters. The van der Waals surface area contributed by atoms with E-state index in [9.17, 15) is 5.11 Å². The number of aryl methyl sites for hydroxylation is 1. The summed E-state index contributed by atoms with van der Waals surface area (Å²) < 4.78 is 10.7. The van der Waals surface area contributed by atoms with Gasteiger partial charge in [-0.1, -0.05) is 36.1 Å². The van der Waals surface area contributed by atoms with Crippen LogP contribution in [0, 0.1) is 11.8 Å². The van der Waals surface area contributed by atoms with Crippen LogP contribution < -0.4 is 14.8 Å². The Morgan fingerprint density at radius 3 is 2.41 bits per heavy atom. The van der Waals surface area contributed by atoms with Crippen LogP contribution >= 0.6 is 0 Å². The number of rotatable bonds is 9. The van der Waals surface area contributed by atoms with Crippen LogP contribution in [0.5, 0.6) is 17.2 Å². The van der Waals surface area contributed by atoms with Gasteiger partial charge in [-0.25, -0.2) is 0 Å². The van der Waals surface area contributed by atoms with Gasteiger partial charge in [0.2, 0.25) is 0 Å². The van der Waals surface area contributed by atoms with Gasteiger partial charge in [0.05, 0.1) is 14.2 Å². The Balaban J connectivity index is 1.54. The molecule has 0 aliphatic carbocycles. The monoisotopic (exact) mass is 429 g/mol. The largest absolute Gasteiger partial charge is 0.508 e. The van der Waals surface area contributed by atoms with Crippen LogP contribution in [-0.2, 0) is 12.8 Å². The molecule has 0 aromatic heterocycles. The van der Waals surface area contributed by atoms with E-state index in [1.165, 1.54) is 5.56 Å². The van der Waals surface area contributed by atoms with E-state index in [1.807, 2.05) is 54.6 Å². The first-order valence-corrected chi connectivity index (χ1v) is 10.9. The first kappa shape index (κ1) is 23.2. The maximum absolute atomic E-state index is 9.95. The SMILES string of the molecule is COc1ccc(CCNC(C)CCc2cc(O)ccc2C#Cc2ccccc2)cc1OC. The third-order valence-electron chi connectivity index (χ3n) is 5.41. The van der Waals surface area contributed by atoms with Crippen molar-refractivity contribution in [2.45, 2.75) is 32.2 Å². The van der Waals surface area contributed by atoms with Gasteiger partial charge in [-0.05, 0) is 86.3 Å². The number of hydrogen-bond acceptors (Lipinski definition) is 4. The minimum absolute atomic E-state index is 0.277. The normalized spacial score (nSPS) is 11.3. The molecule has 166 valence electrons. The van der Waals surface area contributed by atoms with Crippen LogP contribution in [0.3, 0.4) is 0 Å². The molecule has 3 aromatic rings. The molecule has 2 N–H and O–H groups in total. The molecule has 0 aliphatic heterocycles. The molecule has 3 rings (SSSR count). The van der Waals surface area contributed by atoms with Gasteiger partial charge >= 0.3 is 0 Å². The quantitative estimate of drug-likeness (QED) is 0.472. The van der Waals surface area contributed by atoms with Gasteiger partial charge in [-0.2, -0.15) is 0 Å². The Morgan fingerprint density at radius 1 is 0.875 bits per heavy atom. The zero-order chi connectivity index (χ0) is 22.8. The van der Waals surface area contributed by atoms with Gasteiger partial charge in [0, 0.05) is 17.2 Å². The van der Waals surface area contributed by atoms with Crippen molar-refractivity contribution < 1.29 is 14.6 Å². The van der Waals surface area contributed by atoms with E-state index in [0.717, 1.165) is 54.0 Å². The highest BCUT2D eigenvalue weighted by molar-refractivity contribution is 5.49. The summed E-state index contributed by atoms with van der Waals surface area (Å²) in [5.41, 5.74) is 4.22. The van der Waals surface area contributed by atoms with Gasteiger partial charge in [0.1, 0.15) is 5.75 Å². The number of hydrogen-bond donors (Lipinski definition) is 2. The van der Waals surface area contributed by atoms with Gasteiger partial charge in [0.25, 0.3) is 0 Å².